The maximum atomic E-state index is 13.1. The fourth-order valence-electron chi connectivity index (χ4n) is 3.47. The first-order chi connectivity index (χ1) is 15.5. The largest absolute Gasteiger partial charge is 0.755 e. The number of hydrogen-bond donors (Lipinski definition) is 1. The minimum atomic E-state index is -4.29. The van der Waals surface area contributed by atoms with Gasteiger partial charge in [0, 0.05) is 21.7 Å². The summed E-state index contributed by atoms with van der Waals surface area (Å²) in [6.45, 7) is 0. The monoisotopic (exact) mass is 506 g/mol. The number of ketones is 2. The smallest absolute Gasteiger partial charge is 0.306 e. The number of aromatic hydroxyl groups is 1. The van der Waals surface area contributed by atoms with Gasteiger partial charge >= 0.3 is 10.1 Å². The van der Waals surface area contributed by atoms with Gasteiger partial charge in [-0.2, -0.15) is 8.42 Å². The summed E-state index contributed by atoms with van der Waals surface area (Å²) in [5, 5.41) is 11.2. The highest BCUT2D eigenvalue weighted by molar-refractivity contribution is 7.86. The lowest BCUT2D eigenvalue weighted by molar-refractivity contribution is 0.0976. The zero-order chi connectivity index (χ0) is 24.1. The number of anilines is 2. The van der Waals surface area contributed by atoms with Crippen molar-refractivity contribution in [2.45, 2.75) is 0 Å². The number of nitrogens with zero attached hydrogens (tertiary/aromatic N) is 1. The molecule has 12 heteroatoms. The number of carbonyl (C=O) groups is 2. The number of fused-ring (bicyclic) bond motifs is 2. The number of carbonyl (C=O) groups excluding carboxylic acids is 2. The Morgan fingerprint density at radius 2 is 1.58 bits per heavy atom. The van der Waals surface area contributed by atoms with E-state index >= 15 is 0 Å². The van der Waals surface area contributed by atoms with Crippen LogP contribution < -0.4 is 8.49 Å². The molecule has 4 rings (SSSR count). The molecule has 0 radical (unpaired) electrons. The lowest BCUT2D eigenvalue weighted by atomic mass is 9.83. The van der Waals surface area contributed by atoms with Gasteiger partial charge in [0.1, 0.15) is 5.69 Å². The van der Waals surface area contributed by atoms with E-state index in [0.717, 1.165) is 6.07 Å². The average molecular weight is 507 g/mol. The van der Waals surface area contributed by atoms with Gasteiger partial charge in [0.15, 0.2) is 17.3 Å². The molecule has 3 aromatic carbocycles. The molecule has 0 bridgehead atoms. The summed E-state index contributed by atoms with van der Waals surface area (Å²) >= 11 is 2.80. The number of phenols is 1. The summed E-state index contributed by atoms with van der Waals surface area (Å²) in [4.78, 5) is 26.2. The highest BCUT2D eigenvalue weighted by atomic mass is 35.5. The van der Waals surface area contributed by atoms with Crippen LogP contribution in [0.1, 0.15) is 31.8 Å². The lowest BCUT2D eigenvalue weighted by Gasteiger charge is -2.30. The molecule has 0 heterocycles. The second kappa shape index (κ2) is 8.27. The van der Waals surface area contributed by atoms with Crippen LogP contribution in [0.3, 0.4) is 0 Å². The zero-order valence-electron chi connectivity index (χ0n) is 16.6. The molecule has 0 fully saturated rings. The Labute approximate surface area is 195 Å². The van der Waals surface area contributed by atoms with Gasteiger partial charge in [-0.3, -0.25) is 18.1 Å². The van der Waals surface area contributed by atoms with E-state index < -0.39 is 55.7 Å². The fourth-order valence-corrected chi connectivity index (χ4v) is 4.65. The molecule has 1 aliphatic rings. The Bertz CT molecular complexity index is 1450. The predicted molar refractivity (Wildman–Crippen MR) is 119 cm³/mol. The highest BCUT2D eigenvalue weighted by Crippen LogP contribution is 2.47. The molecule has 1 aliphatic carbocycles. The first kappa shape index (κ1) is 22.9. The Morgan fingerprint density at radius 1 is 1.00 bits per heavy atom. The van der Waals surface area contributed by atoms with Crippen LogP contribution in [0, 0.1) is 0 Å². The topological polar surface area (TPSA) is 141 Å². The van der Waals surface area contributed by atoms with Gasteiger partial charge in [0.05, 0.1) is 28.8 Å². The SMILES string of the molecule is CS(=O)(=O)Oc1c(N(c2ccc(Cl)cc2)S(=O)[O-])cc2c(c1O)C(=O)c1ccccc1C2=O. The van der Waals surface area contributed by atoms with Crippen LogP contribution >= 0.6 is 11.6 Å². The van der Waals surface area contributed by atoms with Gasteiger partial charge in [0.25, 0.3) is 0 Å². The molecule has 1 unspecified atom stereocenters. The van der Waals surface area contributed by atoms with Crippen molar-refractivity contribution in [2.75, 3.05) is 10.6 Å². The van der Waals surface area contributed by atoms with Crippen LogP contribution in [0.25, 0.3) is 0 Å². The summed E-state index contributed by atoms with van der Waals surface area (Å²) in [7, 11) is -4.29. The van der Waals surface area contributed by atoms with Gasteiger partial charge in [0.2, 0.25) is 5.75 Å². The quantitative estimate of drug-likeness (QED) is 0.321. The summed E-state index contributed by atoms with van der Waals surface area (Å²) in [5.41, 5.74) is -1.23. The third-order valence-corrected chi connectivity index (χ3v) is 6.21. The second-order valence-electron chi connectivity index (χ2n) is 6.98. The van der Waals surface area contributed by atoms with Crippen molar-refractivity contribution in [1.29, 1.82) is 0 Å². The van der Waals surface area contributed by atoms with E-state index in [4.69, 9.17) is 15.8 Å². The molecule has 0 spiro atoms. The van der Waals surface area contributed by atoms with Crippen molar-refractivity contribution in [3.05, 3.63) is 81.9 Å². The summed E-state index contributed by atoms with van der Waals surface area (Å²) < 4.78 is 53.7. The number of rotatable bonds is 5. The van der Waals surface area contributed by atoms with Gasteiger partial charge in [-0.05, 0) is 30.3 Å². The maximum absolute atomic E-state index is 13.1. The molecule has 3 aromatic rings. The van der Waals surface area contributed by atoms with Crippen molar-refractivity contribution in [3.8, 4) is 11.5 Å². The van der Waals surface area contributed by atoms with Crippen LogP contribution in [0.2, 0.25) is 5.02 Å². The van der Waals surface area contributed by atoms with Crippen LogP contribution in [-0.2, 0) is 21.4 Å². The first-order valence-electron chi connectivity index (χ1n) is 9.12. The van der Waals surface area contributed by atoms with Crippen molar-refractivity contribution in [1.82, 2.24) is 0 Å². The molecule has 9 nitrogen and oxygen atoms in total. The predicted octanol–water partition coefficient (Wildman–Crippen LogP) is 3.09. The van der Waals surface area contributed by atoms with E-state index in [0.29, 0.717) is 15.6 Å². The number of benzene rings is 3. The normalized spacial score (nSPS) is 13.8. The zero-order valence-corrected chi connectivity index (χ0v) is 19.0. The molecule has 0 saturated carbocycles. The van der Waals surface area contributed by atoms with Crippen molar-refractivity contribution >= 4 is 55.9 Å². The Morgan fingerprint density at radius 3 is 2.12 bits per heavy atom. The molecular weight excluding hydrogens is 494 g/mol. The molecule has 170 valence electrons. The molecule has 0 aliphatic heterocycles. The molecule has 0 aromatic heterocycles. The van der Waals surface area contributed by atoms with E-state index in [1.807, 2.05) is 0 Å². The van der Waals surface area contributed by atoms with E-state index in [1.54, 1.807) is 6.07 Å². The minimum absolute atomic E-state index is 0.000388. The molecule has 33 heavy (non-hydrogen) atoms. The molecular formula is C21H13ClNO8S2-. The van der Waals surface area contributed by atoms with E-state index in [1.165, 1.54) is 42.5 Å². The molecule has 0 saturated heterocycles. The number of halogens is 1. The minimum Gasteiger partial charge on any atom is -0.755 e. The Balaban J connectivity index is 2.05. The summed E-state index contributed by atoms with van der Waals surface area (Å²) in [5.74, 6) is -3.21. The molecule has 1 N–H and O–H groups in total. The highest BCUT2D eigenvalue weighted by Gasteiger charge is 2.37. The maximum Gasteiger partial charge on any atom is 0.306 e. The first-order valence-corrected chi connectivity index (χ1v) is 12.3. The third-order valence-electron chi connectivity index (χ3n) is 4.79. The lowest BCUT2D eigenvalue weighted by Crippen LogP contribution is -2.25. The van der Waals surface area contributed by atoms with Crippen molar-refractivity contribution in [2.24, 2.45) is 0 Å². The van der Waals surface area contributed by atoms with Crippen molar-refractivity contribution in [3.63, 3.8) is 0 Å². The summed E-state index contributed by atoms with van der Waals surface area (Å²) in [6.07, 6.45) is 0.679. The Kier molecular flexibility index (Phi) is 5.74. The Hall–Kier alpha value is -3.25. The van der Waals surface area contributed by atoms with Crippen LogP contribution in [0.15, 0.2) is 54.6 Å². The van der Waals surface area contributed by atoms with Crippen LogP contribution in [-0.4, -0.2) is 40.1 Å². The van der Waals surface area contributed by atoms with Gasteiger partial charge in [-0.1, -0.05) is 35.9 Å². The third kappa shape index (κ3) is 4.11. The van der Waals surface area contributed by atoms with E-state index in [9.17, 15) is 31.9 Å². The fraction of sp³-hybridized carbons (Fsp3) is 0.0476. The average Bonchev–Trinajstić information content (AvgIpc) is 2.74. The van der Waals surface area contributed by atoms with Crippen molar-refractivity contribution < 1.29 is 36.1 Å². The van der Waals surface area contributed by atoms with Gasteiger partial charge in [-0.15, -0.1) is 0 Å². The standard InChI is InChI=1S/C21H14ClNO8S2/c1-33(29,30)31-21-16(23(32(27)28)12-8-6-11(22)7-9-12)10-15-17(20(21)26)19(25)14-5-3-2-4-13(14)18(15)24/h2-10,26H,1H3,(H,27,28)/p-1. The second-order valence-corrected chi connectivity index (χ2v) is 9.79. The molecule has 1 atom stereocenters. The van der Waals surface area contributed by atoms with Crippen LogP contribution in [0.5, 0.6) is 11.5 Å². The van der Waals surface area contributed by atoms with E-state index in [2.05, 4.69) is 0 Å². The molecule has 0 amide bonds. The summed E-state index contributed by atoms with van der Waals surface area (Å²) in [6, 6.07) is 12.3. The number of phenolic OH excluding ortho intramolecular Hbond substituents is 1. The number of hydrogen-bond acceptors (Lipinski definition) is 8. The van der Waals surface area contributed by atoms with Gasteiger partial charge in [-0.25, -0.2) is 0 Å². The van der Waals surface area contributed by atoms with Crippen LogP contribution in [0.4, 0.5) is 11.4 Å². The van der Waals surface area contributed by atoms with E-state index in [-0.39, 0.29) is 22.4 Å². The van der Waals surface area contributed by atoms with Gasteiger partial charge < -0.3 is 13.8 Å².